The van der Waals surface area contributed by atoms with Crippen LogP contribution < -0.4 is 5.32 Å². The van der Waals surface area contributed by atoms with E-state index in [-0.39, 0.29) is 18.2 Å². The Hall–Kier alpha value is -0.610. The van der Waals surface area contributed by atoms with Crippen molar-refractivity contribution in [3.05, 3.63) is 0 Å². The van der Waals surface area contributed by atoms with Crippen LogP contribution in [-0.2, 0) is 14.3 Å². The van der Waals surface area contributed by atoms with E-state index in [4.69, 9.17) is 4.74 Å². The number of nitrogens with one attached hydrogen (secondary N) is 1. The van der Waals surface area contributed by atoms with Crippen LogP contribution in [0.3, 0.4) is 0 Å². The van der Waals surface area contributed by atoms with Crippen LogP contribution in [0.1, 0.15) is 6.42 Å². The molecule has 0 aliphatic carbocycles. The van der Waals surface area contributed by atoms with Gasteiger partial charge in [-0.15, -0.1) is 0 Å². The second-order valence-electron chi connectivity index (χ2n) is 3.34. The molecule has 3 atom stereocenters. The van der Waals surface area contributed by atoms with Gasteiger partial charge >= 0.3 is 5.97 Å². The SMILES string of the molecule is COC(=O)C1CC2CNCC2O1. The fraction of sp³-hybridized carbons (Fsp3) is 0.875. The van der Waals surface area contributed by atoms with Gasteiger partial charge in [-0.1, -0.05) is 0 Å². The van der Waals surface area contributed by atoms with Crippen molar-refractivity contribution in [1.82, 2.24) is 5.32 Å². The first-order valence-corrected chi connectivity index (χ1v) is 4.25. The molecule has 2 aliphatic heterocycles. The molecule has 12 heavy (non-hydrogen) atoms. The summed E-state index contributed by atoms with van der Waals surface area (Å²) < 4.78 is 10.1. The van der Waals surface area contributed by atoms with E-state index in [9.17, 15) is 4.79 Å². The minimum atomic E-state index is -0.313. The molecule has 0 bridgehead atoms. The summed E-state index contributed by atoms with van der Waals surface area (Å²) in [4.78, 5) is 11.1. The van der Waals surface area contributed by atoms with Crippen LogP contribution in [0.25, 0.3) is 0 Å². The van der Waals surface area contributed by atoms with E-state index in [2.05, 4.69) is 10.1 Å². The highest BCUT2D eigenvalue weighted by atomic mass is 16.6. The number of methoxy groups -OCH3 is 1. The van der Waals surface area contributed by atoms with Crippen LogP contribution in [0.2, 0.25) is 0 Å². The van der Waals surface area contributed by atoms with Crippen molar-refractivity contribution in [3.8, 4) is 0 Å². The van der Waals surface area contributed by atoms with Gasteiger partial charge in [0.15, 0.2) is 6.10 Å². The van der Waals surface area contributed by atoms with Crippen LogP contribution in [0.5, 0.6) is 0 Å². The van der Waals surface area contributed by atoms with Crippen LogP contribution in [0.15, 0.2) is 0 Å². The first kappa shape index (κ1) is 8.01. The summed E-state index contributed by atoms with van der Waals surface area (Å²) in [6.07, 6.45) is 0.728. The van der Waals surface area contributed by atoms with Gasteiger partial charge in [0.2, 0.25) is 0 Å². The maximum Gasteiger partial charge on any atom is 0.334 e. The van der Waals surface area contributed by atoms with Crippen LogP contribution in [-0.4, -0.2) is 38.4 Å². The van der Waals surface area contributed by atoms with E-state index in [1.807, 2.05) is 0 Å². The lowest BCUT2D eigenvalue weighted by Crippen LogP contribution is -2.25. The Kier molecular flexibility index (Phi) is 2.02. The van der Waals surface area contributed by atoms with Crippen molar-refractivity contribution >= 4 is 5.97 Å². The number of hydrogen-bond donors (Lipinski definition) is 1. The normalized spacial score (nSPS) is 39.6. The monoisotopic (exact) mass is 171 g/mol. The molecule has 3 unspecified atom stereocenters. The van der Waals surface area contributed by atoms with Gasteiger partial charge in [0.25, 0.3) is 0 Å². The van der Waals surface area contributed by atoms with E-state index in [0.717, 1.165) is 19.5 Å². The molecule has 0 aromatic heterocycles. The molecule has 0 amide bonds. The quantitative estimate of drug-likeness (QED) is 0.542. The Balaban J connectivity index is 1.94. The minimum Gasteiger partial charge on any atom is -0.467 e. The third-order valence-corrected chi connectivity index (χ3v) is 2.60. The van der Waals surface area contributed by atoms with Crippen LogP contribution in [0.4, 0.5) is 0 Å². The molecule has 0 spiro atoms. The van der Waals surface area contributed by atoms with Gasteiger partial charge in [-0.05, 0) is 6.42 Å². The zero-order valence-corrected chi connectivity index (χ0v) is 7.08. The van der Waals surface area contributed by atoms with Gasteiger partial charge in [-0.25, -0.2) is 4.79 Å². The summed E-state index contributed by atoms with van der Waals surface area (Å²) in [6, 6.07) is 0. The van der Waals surface area contributed by atoms with Gasteiger partial charge in [0.05, 0.1) is 13.2 Å². The summed E-state index contributed by atoms with van der Waals surface area (Å²) in [5.74, 6) is 0.276. The molecule has 4 heteroatoms. The second kappa shape index (κ2) is 3.03. The number of esters is 1. The van der Waals surface area contributed by atoms with E-state index >= 15 is 0 Å². The van der Waals surface area contributed by atoms with E-state index in [0.29, 0.717) is 5.92 Å². The predicted molar refractivity (Wildman–Crippen MR) is 41.7 cm³/mol. The maximum atomic E-state index is 11.1. The number of carbonyl (C=O) groups is 1. The summed E-state index contributed by atoms with van der Waals surface area (Å²) >= 11 is 0. The molecule has 68 valence electrons. The Morgan fingerprint density at radius 3 is 3.08 bits per heavy atom. The van der Waals surface area contributed by atoms with Crippen molar-refractivity contribution < 1.29 is 14.3 Å². The van der Waals surface area contributed by atoms with E-state index in [1.165, 1.54) is 7.11 Å². The third-order valence-electron chi connectivity index (χ3n) is 2.60. The molecule has 2 fully saturated rings. The Morgan fingerprint density at radius 1 is 1.58 bits per heavy atom. The fourth-order valence-electron chi connectivity index (χ4n) is 1.93. The number of fused-ring (bicyclic) bond motifs is 1. The standard InChI is InChI=1S/C8H13NO3/c1-11-8(10)6-2-5-3-9-4-7(5)12-6/h5-7,9H,2-4H2,1H3. The zero-order valence-electron chi connectivity index (χ0n) is 7.08. The van der Waals surface area contributed by atoms with E-state index < -0.39 is 0 Å². The van der Waals surface area contributed by atoms with Gasteiger partial charge in [0, 0.05) is 19.0 Å². The van der Waals surface area contributed by atoms with Crippen molar-refractivity contribution in [2.75, 3.05) is 20.2 Å². The van der Waals surface area contributed by atoms with Crippen LogP contribution >= 0.6 is 0 Å². The minimum absolute atomic E-state index is 0.231. The Labute approximate surface area is 71.2 Å². The maximum absolute atomic E-state index is 11.1. The highest BCUT2D eigenvalue weighted by Gasteiger charge is 2.41. The highest BCUT2D eigenvalue weighted by molar-refractivity contribution is 5.74. The largest absolute Gasteiger partial charge is 0.467 e. The van der Waals surface area contributed by atoms with Gasteiger partial charge in [-0.3, -0.25) is 0 Å². The number of hydrogen-bond acceptors (Lipinski definition) is 4. The fourth-order valence-corrected chi connectivity index (χ4v) is 1.93. The molecule has 0 aromatic carbocycles. The van der Waals surface area contributed by atoms with Crippen molar-refractivity contribution in [2.45, 2.75) is 18.6 Å². The second-order valence-corrected chi connectivity index (χ2v) is 3.34. The van der Waals surface area contributed by atoms with Gasteiger partial charge in [-0.2, -0.15) is 0 Å². The average molecular weight is 171 g/mol. The number of carbonyl (C=O) groups excluding carboxylic acids is 1. The Morgan fingerprint density at radius 2 is 2.42 bits per heavy atom. The average Bonchev–Trinajstić information content (AvgIpc) is 2.60. The molecule has 0 radical (unpaired) electrons. The lowest BCUT2D eigenvalue weighted by Gasteiger charge is -2.09. The molecule has 2 saturated heterocycles. The predicted octanol–water partition coefficient (Wildman–Crippen LogP) is -0.464. The molecule has 0 saturated carbocycles. The molecule has 2 aliphatic rings. The lowest BCUT2D eigenvalue weighted by molar-refractivity contribution is -0.152. The van der Waals surface area contributed by atoms with Crippen molar-refractivity contribution in [2.24, 2.45) is 5.92 Å². The van der Waals surface area contributed by atoms with Crippen molar-refractivity contribution in [1.29, 1.82) is 0 Å². The summed E-state index contributed by atoms with van der Waals surface area (Å²) in [5.41, 5.74) is 0. The first-order valence-electron chi connectivity index (χ1n) is 4.25. The molecule has 2 heterocycles. The topological polar surface area (TPSA) is 47.6 Å². The lowest BCUT2D eigenvalue weighted by atomic mass is 10.0. The van der Waals surface area contributed by atoms with Crippen LogP contribution in [0, 0.1) is 5.92 Å². The number of ether oxygens (including phenoxy) is 2. The molecular weight excluding hydrogens is 158 g/mol. The first-order chi connectivity index (χ1) is 5.81. The summed E-state index contributed by atoms with van der Waals surface area (Å²) in [7, 11) is 1.40. The third kappa shape index (κ3) is 1.21. The smallest absolute Gasteiger partial charge is 0.334 e. The molecule has 2 rings (SSSR count). The molecular formula is C8H13NO3. The van der Waals surface area contributed by atoms with E-state index in [1.54, 1.807) is 0 Å². The Bertz CT molecular complexity index is 183. The van der Waals surface area contributed by atoms with Crippen molar-refractivity contribution in [3.63, 3.8) is 0 Å². The zero-order chi connectivity index (χ0) is 8.55. The van der Waals surface area contributed by atoms with Gasteiger partial charge < -0.3 is 14.8 Å². The molecule has 1 N–H and O–H groups in total. The summed E-state index contributed by atoms with van der Waals surface area (Å²) in [6.45, 7) is 1.84. The highest BCUT2D eigenvalue weighted by Crippen LogP contribution is 2.29. The molecule has 4 nitrogen and oxygen atoms in total. The molecule has 0 aromatic rings. The van der Waals surface area contributed by atoms with Gasteiger partial charge in [0.1, 0.15) is 0 Å². The number of rotatable bonds is 1. The summed E-state index contributed by atoms with van der Waals surface area (Å²) in [5, 5.41) is 3.22.